The maximum absolute atomic E-state index is 13.5. The van der Waals surface area contributed by atoms with Crippen LogP contribution in [0.2, 0.25) is 0 Å². The monoisotopic (exact) mass is 380 g/mol. The molecule has 0 aliphatic heterocycles. The summed E-state index contributed by atoms with van der Waals surface area (Å²) in [6.45, 7) is 0.460. The average Bonchev–Trinajstić information content (AvgIpc) is 2.56. The van der Waals surface area contributed by atoms with Crippen LogP contribution in [0.4, 0.5) is 4.39 Å². The largest absolute Gasteiger partial charge is 0.267 e. The van der Waals surface area contributed by atoms with Crippen molar-refractivity contribution < 1.29 is 4.39 Å². The van der Waals surface area contributed by atoms with Gasteiger partial charge in [-0.2, -0.15) is 5.10 Å². The van der Waals surface area contributed by atoms with Gasteiger partial charge in [-0.3, -0.25) is 4.68 Å². The normalized spacial score (nSPS) is 10.6. The summed E-state index contributed by atoms with van der Waals surface area (Å²) in [5, 5.41) is 4.19. The van der Waals surface area contributed by atoms with E-state index in [2.05, 4.69) is 43.6 Å². The molecular weight excluding hydrogens is 374 g/mol. The fraction of sp³-hybridized carbons (Fsp3) is 0.100. The fourth-order valence-corrected chi connectivity index (χ4v) is 2.02. The van der Waals surface area contributed by atoms with Gasteiger partial charge in [-0.15, -0.1) is 0 Å². The van der Waals surface area contributed by atoms with Crippen LogP contribution in [-0.4, -0.2) is 9.78 Å². The van der Waals surface area contributed by atoms with E-state index in [0.29, 0.717) is 12.1 Å². The summed E-state index contributed by atoms with van der Waals surface area (Å²) in [7, 11) is 0. The first-order chi connectivity index (χ1) is 7.15. The molecule has 5 heteroatoms. The van der Waals surface area contributed by atoms with Crippen molar-refractivity contribution in [1.29, 1.82) is 0 Å². The van der Waals surface area contributed by atoms with Crippen LogP contribution in [0.15, 0.2) is 34.9 Å². The summed E-state index contributed by atoms with van der Waals surface area (Å²) in [6, 6.07) is 6.93. The van der Waals surface area contributed by atoms with Crippen molar-refractivity contribution in [3.8, 4) is 0 Å². The van der Waals surface area contributed by atoms with Crippen molar-refractivity contribution in [2.24, 2.45) is 0 Å². The minimum atomic E-state index is -0.213. The van der Waals surface area contributed by atoms with Crippen LogP contribution in [0, 0.1) is 9.52 Å². The molecule has 2 nitrogen and oxygen atoms in total. The van der Waals surface area contributed by atoms with Crippen molar-refractivity contribution in [2.75, 3.05) is 0 Å². The van der Waals surface area contributed by atoms with Crippen LogP contribution < -0.4 is 0 Å². The Bertz CT molecular complexity index is 484. The molecule has 0 atom stereocenters. The first-order valence-electron chi connectivity index (χ1n) is 4.28. The second-order valence-electron chi connectivity index (χ2n) is 3.07. The number of benzene rings is 1. The molecule has 1 heterocycles. The van der Waals surface area contributed by atoms with E-state index in [1.165, 1.54) is 6.07 Å². The molecule has 0 N–H and O–H groups in total. The van der Waals surface area contributed by atoms with Gasteiger partial charge in [0, 0.05) is 16.2 Å². The molecule has 0 saturated carbocycles. The van der Waals surface area contributed by atoms with E-state index in [4.69, 9.17) is 0 Å². The molecule has 0 fully saturated rings. The number of rotatable bonds is 2. The maximum atomic E-state index is 13.5. The topological polar surface area (TPSA) is 17.8 Å². The van der Waals surface area contributed by atoms with Gasteiger partial charge < -0.3 is 0 Å². The van der Waals surface area contributed by atoms with Gasteiger partial charge in [0.2, 0.25) is 0 Å². The molecule has 2 rings (SSSR count). The van der Waals surface area contributed by atoms with Gasteiger partial charge in [0.15, 0.2) is 0 Å². The Morgan fingerprint density at radius 1 is 1.40 bits per heavy atom. The molecular formula is C10H7BrFIN2. The lowest BCUT2D eigenvalue weighted by Crippen LogP contribution is -2.02. The fourth-order valence-electron chi connectivity index (χ4n) is 1.25. The summed E-state index contributed by atoms with van der Waals surface area (Å²) >= 11 is 5.35. The van der Waals surface area contributed by atoms with E-state index in [9.17, 15) is 4.39 Å². The van der Waals surface area contributed by atoms with E-state index in [1.807, 2.05) is 18.3 Å². The molecule has 0 radical (unpaired) electrons. The minimum absolute atomic E-state index is 0.213. The summed E-state index contributed by atoms with van der Waals surface area (Å²) in [5.74, 6) is -0.213. The molecule has 2 aromatic rings. The van der Waals surface area contributed by atoms with Crippen molar-refractivity contribution in [1.82, 2.24) is 9.78 Å². The highest BCUT2D eigenvalue weighted by Crippen LogP contribution is 2.16. The molecule has 1 aromatic carbocycles. The van der Waals surface area contributed by atoms with Crippen LogP contribution in [0.1, 0.15) is 5.56 Å². The van der Waals surface area contributed by atoms with Gasteiger partial charge in [0.1, 0.15) is 9.52 Å². The van der Waals surface area contributed by atoms with Gasteiger partial charge >= 0.3 is 0 Å². The Morgan fingerprint density at radius 2 is 2.20 bits per heavy atom. The molecule has 0 bridgehead atoms. The lowest BCUT2D eigenvalue weighted by Gasteiger charge is -2.03. The highest BCUT2D eigenvalue weighted by atomic mass is 127. The highest BCUT2D eigenvalue weighted by Gasteiger charge is 2.04. The van der Waals surface area contributed by atoms with Gasteiger partial charge in [-0.05, 0) is 40.8 Å². The lowest BCUT2D eigenvalue weighted by atomic mass is 10.2. The second-order valence-corrected chi connectivity index (χ2v) is 5.09. The standard InChI is InChI=1S/C10H7BrFIN2/c11-8-2-1-7(9(12)5-8)6-15-4-3-10(13)14-15/h1-5H,6H2. The van der Waals surface area contributed by atoms with Crippen LogP contribution in [0.25, 0.3) is 0 Å². The molecule has 0 unspecified atom stereocenters. The number of hydrogen-bond acceptors (Lipinski definition) is 1. The van der Waals surface area contributed by atoms with Crippen LogP contribution in [0.3, 0.4) is 0 Å². The predicted molar refractivity (Wildman–Crippen MR) is 68.1 cm³/mol. The zero-order valence-corrected chi connectivity index (χ0v) is 11.4. The summed E-state index contributed by atoms with van der Waals surface area (Å²) in [5.41, 5.74) is 0.637. The van der Waals surface area contributed by atoms with Crippen LogP contribution >= 0.6 is 38.5 Å². The smallest absolute Gasteiger partial charge is 0.129 e. The van der Waals surface area contributed by atoms with E-state index in [1.54, 1.807) is 10.7 Å². The van der Waals surface area contributed by atoms with Crippen molar-refractivity contribution in [3.05, 3.63) is 50.0 Å². The van der Waals surface area contributed by atoms with Gasteiger partial charge in [0.05, 0.1) is 6.54 Å². The van der Waals surface area contributed by atoms with Gasteiger partial charge in [0.25, 0.3) is 0 Å². The summed E-state index contributed by atoms with van der Waals surface area (Å²) in [4.78, 5) is 0. The SMILES string of the molecule is Fc1cc(Br)ccc1Cn1ccc(I)n1. The maximum Gasteiger partial charge on any atom is 0.129 e. The third-order valence-electron chi connectivity index (χ3n) is 1.96. The highest BCUT2D eigenvalue weighted by molar-refractivity contribution is 14.1. The third-order valence-corrected chi connectivity index (χ3v) is 3.02. The number of halogens is 3. The zero-order chi connectivity index (χ0) is 10.8. The minimum Gasteiger partial charge on any atom is -0.267 e. The molecule has 0 amide bonds. The second kappa shape index (κ2) is 4.61. The Morgan fingerprint density at radius 3 is 2.80 bits per heavy atom. The van der Waals surface area contributed by atoms with Crippen molar-refractivity contribution in [3.63, 3.8) is 0 Å². The zero-order valence-electron chi connectivity index (χ0n) is 7.62. The molecule has 15 heavy (non-hydrogen) atoms. The van der Waals surface area contributed by atoms with Gasteiger partial charge in [-0.1, -0.05) is 22.0 Å². The van der Waals surface area contributed by atoms with E-state index >= 15 is 0 Å². The quantitative estimate of drug-likeness (QED) is 0.730. The number of hydrogen-bond donors (Lipinski definition) is 0. The molecule has 0 spiro atoms. The first kappa shape index (κ1) is 11.1. The van der Waals surface area contributed by atoms with E-state index < -0.39 is 0 Å². The Labute approximate surface area is 109 Å². The first-order valence-corrected chi connectivity index (χ1v) is 6.15. The van der Waals surface area contributed by atoms with Crippen LogP contribution in [-0.2, 0) is 6.54 Å². The molecule has 78 valence electrons. The predicted octanol–water partition coefficient (Wildman–Crippen LogP) is 3.44. The van der Waals surface area contributed by atoms with Crippen LogP contribution in [0.5, 0.6) is 0 Å². The molecule has 0 aliphatic rings. The average molecular weight is 381 g/mol. The van der Waals surface area contributed by atoms with E-state index in [-0.39, 0.29) is 5.82 Å². The Kier molecular flexibility index (Phi) is 3.40. The molecule has 1 aromatic heterocycles. The molecule has 0 saturated heterocycles. The summed E-state index contributed by atoms with van der Waals surface area (Å²) < 4.78 is 16.8. The van der Waals surface area contributed by atoms with Gasteiger partial charge in [-0.25, -0.2) is 4.39 Å². The summed E-state index contributed by atoms with van der Waals surface area (Å²) in [6.07, 6.45) is 1.84. The Balaban J connectivity index is 2.24. The van der Waals surface area contributed by atoms with Crippen molar-refractivity contribution in [2.45, 2.75) is 6.54 Å². The number of nitrogens with zero attached hydrogens (tertiary/aromatic N) is 2. The Hall–Kier alpha value is -0.430. The molecule has 0 aliphatic carbocycles. The van der Waals surface area contributed by atoms with Crippen molar-refractivity contribution >= 4 is 38.5 Å². The lowest BCUT2D eigenvalue weighted by molar-refractivity contribution is 0.583. The number of aromatic nitrogens is 2. The third kappa shape index (κ3) is 2.78. The van der Waals surface area contributed by atoms with E-state index in [0.717, 1.165) is 8.17 Å².